The molecule has 27 heavy (non-hydrogen) atoms. The Balaban J connectivity index is 1.42. The number of halogens is 3. The monoisotopic (exact) mass is 383 g/mol. The number of hydrogen-bond donors (Lipinski definition) is 2. The fraction of sp³-hybridized carbons (Fsp3) is 0.471. The fourth-order valence-electron chi connectivity index (χ4n) is 2.77. The van der Waals surface area contributed by atoms with Crippen LogP contribution in [0.15, 0.2) is 30.6 Å². The number of rotatable bonds is 6. The number of aromatic nitrogens is 3. The Morgan fingerprint density at radius 2 is 2.22 bits per heavy atom. The number of nitrogens with one attached hydrogen (secondary N) is 2. The zero-order chi connectivity index (χ0) is 19.3. The summed E-state index contributed by atoms with van der Waals surface area (Å²) in [7, 11) is 0. The van der Waals surface area contributed by atoms with Crippen LogP contribution in [0.25, 0.3) is 0 Å². The molecule has 3 heterocycles. The maximum Gasteiger partial charge on any atom is 0.417 e. The van der Waals surface area contributed by atoms with Crippen molar-refractivity contribution >= 4 is 5.91 Å². The van der Waals surface area contributed by atoms with Crippen LogP contribution in [0.2, 0.25) is 0 Å². The normalized spacial score (nSPS) is 17.5. The van der Waals surface area contributed by atoms with Crippen molar-refractivity contribution in [1.29, 1.82) is 0 Å². The molecule has 146 valence electrons. The molecule has 2 aromatic heterocycles. The van der Waals surface area contributed by atoms with Crippen molar-refractivity contribution in [3.63, 3.8) is 0 Å². The lowest BCUT2D eigenvalue weighted by atomic mass is 10.1. The van der Waals surface area contributed by atoms with E-state index in [4.69, 9.17) is 4.74 Å². The van der Waals surface area contributed by atoms with E-state index < -0.39 is 11.7 Å². The summed E-state index contributed by atoms with van der Waals surface area (Å²) >= 11 is 0. The standard InChI is InChI=1S/C17H20F3N5O2/c18-17(19,20)12-3-4-15(23-10-12)27-9-7-22-16(26)14-5-8-25(24-14)13-2-1-6-21-11-13/h3-5,8,10,13,21H,1-2,6-7,9,11H2,(H,22,26). The van der Waals surface area contributed by atoms with Crippen LogP contribution in [0.4, 0.5) is 13.2 Å². The van der Waals surface area contributed by atoms with Crippen molar-refractivity contribution in [3.05, 3.63) is 41.9 Å². The van der Waals surface area contributed by atoms with Crippen LogP contribution >= 0.6 is 0 Å². The summed E-state index contributed by atoms with van der Waals surface area (Å²) in [6.45, 7) is 2.09. The maximum absolute atomic E-state index is 12.5. The molecule has 0 bridgehead atoms. The Morgan fingerprint density at radius 3 is 2.89 bits per heavy atom. The first-order chi connectivity index (χ1) is 12.9. The van der Waals surface area contributed by atoms with Crippen molar-refractivity contribution in [1.82, 2.24) is 25.4 Å². The zero-order valence-corrected chi connectivity index (χ0v) is 14.5. The van der Waals surface area contributed by atoms with Crippen molar-refractivity contribution in [3.8, 4) is 5.88 Å². The van der Waals surface area contributed by atoms with Gasteiger partial charge in [0, 0.05) is 25.0 Å². The predicted molar refractivity (Wildman–Crippen MR) is 90.4 cm³/mol. The molecule has 1 aliphatic rings. The van der Waals surface area contributed by atoms with Gasteiger partial charge in [-0.25, -0.2) is 4.98 Å². The highest BCUT2D eigenvalue weighted by Gasteiger charge is 2.30. The van der Waals surface area contributed by atoms with Crippen LogP contribution < -0.4 is 15.4 Å². The van der Waals surface area contributed by atoms with Crippen LogP contribution in [0, 0.1) is 0 Å². The van der Waals surface area contributed by atoms with Crippen LogP contribution in [0.3, 0.4) is 0 Å². The average molecular weight is 383 g/mol. The van der Waals surface area contributed by atoms with Gasteiger partial charge in [-0.3, -0.25) is 9.48 Å². The van der Waals surface area contributed by atoms with E-state index in [1.807, 2.05) is 0 Å². The molecule has 7 nitrogen and oxygen atoms in total. The van der Waals surface area contributed by atoms with Crippen molar-refractivity contribution in [2.75, 3.05) is 26.2 Å². The number of piperidine rings is 1. The van der Waals surface area contributed by atoms with Crippen molar-refractivity contribution in [2.45, 2.75) is 25.1 Å². The van der Waals surface area contributed by atoms with Crippen LogP contribution in [-0.4, -0.2) is 46.9 Å². The summed E-state index contributed by atoms with van der Waals surface area (Å²) < 4.78 is 44.4. The van der Waals surface area contributed by atoms with Crippen LogP contribution in [0.1, 0.15) is 34.9 Å². The first-order valence-electron chi connectivity index (χ1n) is 8.63. The minimum atomic E-state index is -4.43. The summed E-state index contributed by atoms with van der Waals surface area (Å²) in [5.74, 6) is -0.271. The highest BCUT2D eigenvalue weighted by Crippen LogP contribution is 2.29. The van der Waals surface area contributed by atoms with E-state index in [9.17, 15) is 18.0 Å². The zero-order valence-electron chi connectivity index (χ0n) is 14.5. The first kappa shape index (κ1) is 19.2. The fourth-order valence-corrected chi connectivity index (χ4v) is 2.77. The van der Waals surface area contributed by atoms with Gasteiger partial charge < -0.3 is 15.4 Å². The number of nitrogens with zero attached hydrogens (tertiary/aromatic N) is 3. The molecule has 1 amide bonds. The Bertz CT molecular complexity index is 755. The lowest BCUT2D eigenvalue weighted by Crippen LogP contribution is -2.32. The maximum atomic E-state index is 12.5. The largest absolute Gasteiger partial charge is 0.476 e. The Kier molecular flexibility index (Phi) is 5.94. The van der Waals surface area contributed by atoms with E-state index in [2.05, 4.69) is 20.7 Å². The van der Waals surface area contributed by atoms with E-state index in [-0.39, 0.29) is 31.0 Å². The summed E-state index contributed by atoms with van der Waals surface area (Å²) in [4.78, 5) is 15.7. The van der Waals surface area contributed by atoms with Gasteiger partial charge in [0.1, 0.15) is 12.3 Å². The summed E-state index contributed by atoms with van der Waals surface area (Å²) in [6.07, 6.45) is 0.150. The highest BCUT2D eigenvalue weighted by atomic mass is 19.4. The number of amides is 1. The highest BCUT2D eigenvalue weighted by molar-refractivity contribution is 5.92. The van der Waals surface area contributed by atoms with Gasteiger partial charge in [0.15, 0.2) is 0 Å². The number of alkyl halides is 3. The molecule has 1 aliphatic heterocycles. The molecule has 1 unspecified atom stereocenters. The lowest BCUT2D eigenvalue weighted by Gasteiger charge is -2.22. The van der Waals surface area contributed by atoms with Crippen LogP contribution in [0.5, 0.6) is 5.88 Å². The van der Waals surface area contributed by atoms with Gasteiger partial charge in [-0.1, -0.05) is 0 Å². The first-order valence-corrected chi connectivity index (χ1v) is 8.63. The molecule has 2 aromatic rings. The summed E-state index contributed by atoms with van der Waals surface area (Å²) in [6, 6.07) is 3.94. The Labute approximate surface area is 153 Å². The van der Waals surface area contributed by atoms with E-state index in [0.717, 1.165) is 38.1 Å². The molecule has 0 aliphatic carbocycles. The third-order valence-corrected chi connectivity index (χ3v) is 4.19. The molecule has 3 rings (SSSR count). The lowest BCUT2D eigenvalue weighted by molar-refractivity contribution is -0.137. The van der Waals surface area contributed by atoms with E-state index in [1.54, 1.807) is 16.9 Å². The van der Waals surface area contributed by atoms with Gasteiger partial charge in [0.05, 0.1) is 18.2 Å². The van der Waals surface area contributed by atoms with E-state index in [1.165, 1.54) is 0 Å². The van der Waals surface area contributed by atoms with Crippen molar-refractivity contribution in [2.24, 2.45) is 0 Å². The Hall–Kier alpha value is -2.62. The van der Waals surface area contributed by atoms with Gasteiger partial charge in [0.25, 0.3) is 5.91 Å². The SMILES string of the molecule is O=C(NCCOc1ccc(C(F)(F)F)cn1)c1ccn(C2CCCNC2)n1. The second-order valence-electron chi connectivity index (χ2n) is 6.17. The van der Waals surface area contributed by atoms with Gasteiger partial charge in [-0.05, 0) is 31.5 Å². The molecular formula is C17H20F3N5O2. The molecule has 1 fully saturated rings. The molecule has 0 spiro atoms. The second-order valence-corrected chi connectivity index (χ2v) is 6.17. The van der Waals surface area contributed by atoms with Crippen molar-refractivity contribution < 1.29 is 22.7 Å². The molecule has 1 saturated heterocycles. The third kappa shape index (κ3) is 5.19. The average Bonchev–Trinajstić information content (AvgIpc) is 3.16. The molecule has 2 N–H and O–H groups in total. The second kappa shape index (κ2) is 8.38. The molecule has 0 radical (unpaired) electrons. The topological polar surface area (TPSA) is 81.1 Å². The van der Waals surface area contributed by atoms with E-state index >= 15 is 0 Å². The van der Waals surface area contributed by atoms with E-state index in [0.29, 0.717) is 11.9 Å². The van der Waals surface area contributed by atoms with Gasteiger partial charge in [-0.2, -0.15) is 18.3 Å². The molecule has 1 atom stereocenters. The smallest absolute Gasteiger partial charge is 0.417 e. The summed E-state index contributed by atoms with van der Waals surface area (Å²) in [5, 5.41) is 10.3. The van der Waals surface area contributed by atoms with Crippen LogP contribution in [-0.2, 0) is 6.18 Å². The van der Waals surface area contributed by atoms with Gasteiger partial charge in [0.2, 0.25) is 5.88 Å². The summed E-state index contributed by atoms with van der Waals surface area (Å²) in [5.41, 5.74) is -0.528. The van der Waals surface area contributed by atoms with Gasteiger partial charge >= 0.3 is 6.18 Å². The molecule has 10 heteroatoms. The number of ether oxygens (including phenoxy) is 1. The quantitative estimate of drug-likeness (QED) is 0.746. The number of pyridine rings is 1. The minimum absolute atomic E-state index is 0.0614. The molecular weight excluding hydrogens is 363 g/mol. The number of carbonyl (C=O) groups excluding carboxylic acids is 1. The number of hydrogen-bond acceptors (Lipinski definition) is 5. The minimum Gasteiger partial charge on any atom is -0.476 e. The molecule has 0 saturated carbocycles. The molecule has 0 aromatic carbocycles. The number of carbonyl (C=O) groups is 1. The Morgan fingerprint density at radius 1 is 1.37 bits per heavy atom. The predicted octanol–water partition coefficient (Wildman–Crippen LogP) is 2.03. The van der Waals surface area contributed by atoms with Gasteiger partial charge in [-0.15, -0.1) is 0 Å². The third-order valence-electron chi connectivity index (χ3n) is 4.19.